The van der Waals surface area contributed by atoms with E-state index in [1.807, 2.05) is 74.9 Å². The van der Waals surface area contributed by atoms with Crippen molar-refractivity contribution in [3.8, 4) is 22.6 Å². The maximum Gasteiger partial charge on any atom is 0.315 e. The Balaban J connectivity index is 1.35. The van der Waals surface area contributed by atoms with Gasteiger partial charge in [-0.25, -0.2) is 9.97 Å². The summed E-state index contributed by atoms with van der Waals surface area (Å²) in [6.45, 7) is 6.20. The molecule has 1 N–H and O–H groups in total. The fourth-order valence-electron chi connectivity index (χ4n) is 3.48. The molecule has 0 aliphatic rings. The maximum atomic E-state index is 12.4. The third-order valence-electron chi connectivity index (χ3n) is 5.35. The Kier molecular flexibility index (Phi) is 5.20. The van der Waals surface area contributed by atoms with E-state index in [0.29, 0.717) is 12.4 Å². The Morgan fingerprint density at radius 3 is 2.59 bits per heavy atom. The van der Waals surface area contributed by atoms with Crippen LogP contribution >= 0.6 is 0 Å². The molecule has 4 aromatic heterocycles. The van der Waals surface area contributed by atoms with Gasteiger partial charge in [-0.1, -0.05) is 50.2 Å². The summed E-state index contributed by atoms with van der Waals surface area (Å²) < 4.78 is 8.79. The Hall–Kier alpha value is -4.34. The normalized spacial score (nSPS) is 11.8. The first kappa shape index (κ1) is 21.5. The zero-order chi connectivity index (χ0) is 23.9. The van der Waals surface area contributed by atoms with E-state index < -0.39 is 5.91 Å². The van der Waals surface area contributed by atoms with Crippen LogP contribution in [0.3, 0.4) is 0 Å². The number of amides is 1. The lowest BCUT2D eigenvalue weighted by Crippen LogP contribution is -2.23. The molecule has 0 bridgehead atoms. The highest BCUT2D eigenvalue weighted by molar-refractivity contribution is 5.89. The minimum atomic E-state index is -0.405. The summed E-state index contributed by atoms with van der Waals surface area (Å²) in [5, 5.41) is 11.0. The molecule has 5 rings (SSSR count). The molecule has 0 saturated heterocycles. The monoisotopic (exact) mass is 456 g/mol. The standard InChI is InChI=1S/C24H24N8O2/c1-24(2,3)23-29-22(34-30-23)21(33)26-12-15-5-7-16(8-6-15)20-28-18(17-13-27-31(4)14-17)11-19-25-9-10-32(19)20/h5-11,13-14H,12H2,1-4H3,(H,26,33). The average Bonchev–Trinajstić information content (AvgIpc) is 3.57. The van der Waals surface area contributed by atoms with Crippen LogP contribution in [0.15, 0.2) is 59.6 Å². The largest absolute Gasteiger partial charge is 0.344 e. The van der Waals surface area contributed by atoms with Crippen molar-refractivity contribution in [3.63, 3.8) is 0 Å². The summed E-state index contributed by atoms with van der Waals surface area (Å²) in [6.07, 6.45) is 7.34. The number of imidazole rings is 1. The number of benzene rings is 1. The minimum absolute atomic E-state index is 0.0412. The highest BCUT2D eigenvalue weighted by Gasteiger charge is 2.23. The van der Waals surface area contributed by atoms with E-state index in [4.69, 9.17) is 9.51 Å². The molecule has 0 atom stereocenters. The number of rotatable bonds is 5. The Morgan fingerprint density at radius 1 is 1.12 bits per heavy atom. The van der Waals surface area contributed by atoms with E-state index in [1.54, 1.807) is 17.1 Å². The molecule has 5 aromatic rings. The van der Waals surface area contributed by atoms with Gasteiger partial charge in [0.25, 0.3) is 0 Å². The summed E-state index contributed by atoms with van der Waals surface area (Å²) in [7, 11) is 1.87. The molecule has 172 valence electrons. The van der Waals surface area contributed by atoms with Gasteiger partial charge >= 0.3 is 11.8 Å². The van der Waals surface area contributed by atoms with Crippen LogP contribution in [-0.4, -0.2) is 40.2 Å². The number of aromatic nitrogens is 7. The van der Waals surface area contributed by atoms with Gasteiger partial charge < -0.3 is 9.84 Å². The molecule has 0 aliphatic carbocycles. The lowest BCUT2D eigenvalue weighted by molar-refractivity contribution is 0.0907. The van der Waals surface area contributed by atoms with Gasteiger partial charge in [0.15, 0.2) is 5.82 Å². The molecule has 0 unspecified atom stereocenters. The number of aryl methyl sites for hydroxylation is 1. The van der Waals surface area contributed by atoms with Crippen molar-refractivity contribution in [1.29, 1.82) is 0 Å². The minimum Gasteiger partial charge on any atom is -0.344 e. The van der Waals surface area contributed by atoms with Gasteiger partial charge in [0, 0.05) is 54.8 Å². The molecule has 0 spiro atoms. The average molecular weight is 457 g/mol. The maximum absolute atomic E-state index is 12.4. The Morgan fingerprint density at radius 2 is 1.91 bits per heavy atom. The molecule has 0 saturated carbocycles. The fraction of sp³-hybridized carbons (Fsp3) is 0.250. The summed E-state index contributed by atoms with van der Waals surface area (Å²) >= 11 is 0. The zero-order valence-corrected chi connectivity index (χ0v) is 19.4. The van der Waals surface area contributed by atoms with E-state index in [-0.39, 0.29) is 11.3 Å². The molecule has 1 amide bonds. The van der Waals surface area contributed by atoms with Gasteiger partial charge in [-0.15, -0.1) is 0 Å². The molecule has 4 heterocycles. The topological polar surface area (TPSA) is 116 Å². The summed E-state index contributed by atoms with van der Waals surface area (Å²) in [4.78, 5) is 25.9. The van der Waals surface area contributed by atoms with Crippen LogP contribution in [0.5, 0.6) is 0 Å². The molecule has 34 heavy (non-hydrogen) atoms. The molecule has 0 aliphatic heterocycles. The van der Waals surface area contributed by atoms with Gasteiger partial charge in [-0.2, -0.15) is 10.1 Å². The summed E-state index contributed by atoms with van der Waals surface area (Å²) in [5.41, 5.74) is 4.08. The lowest BCUT2D eigenvalue weighted by Gasteiger charge is -2.10. The number of fused-ring (bicyclic) bond motifs is 1. The predicted molar refractivity (Wildman–Crippen MR) is 125 cm³/mol. The second-order valence-corrected chi connectivity index (χ2v) is 9.08. The van der Waals surface area contributed by atoms with Gasteiger partial charge in [-0.3, -0.25) is 13.9 Å². The van der Waals surface area contributed by atoms with Gasteiger partial charge in [-0.05, 0) is 5.56 Å². The van der Waals surface area contributed by atoms with Crippen molar-refractivity contribution in [1.82, 2.24) is 39.6 Å². The van der Waals surface area contributed by atoms with E-state index in [1.165, 1.54) is 0 Å². The third kappa shape index (κ3) is 4.17. The third-order valence-corrected chi connectivity index (χ3v) is 5.35. The van der Waals surface area contributed by atoms with Crippen molar-refractivity contribution in [2.45, 2.75) is 32.7 Å². The van der Waals surface area contributed by atoms with Crippen LogP contribution in [0.25, 0.3) is 28.3 Å². The van der Waals surface area contributed by atoms with Crippen LogP contribution in [0.2, 0.25) is 0 Å². The van der Waals surface area contributed by atoms with Gasteiger partial charge in [0.2, 0.25) is 0 Å². The SMILES string of the molecule is Cn1cc(-c2cc3nccn3c(-c3ccc(CNC(=O)c4nc(C(C)(C)C)no4)cc3)n2)cn1. The summed E-state index contributed by atoms with van der Waals surface area (Å²) in [6, 6.07) is 9.78. The van der Waals surface area contributed by atoms with Crippen molar-refractivity contribution >= 4 is 11.6 Å². The molecule has 1 aromatic carbocycles. The van der Waals surface area contributed by atoms with Crippen LogP contribution in [-0.2, 0) is 19.0 Å². The first-order chi connectivity index (χ1) is 16.3. The van der Waals surface area contributed by atoms with Crippen LogP contribution in [0.4, 0.5) is 0 Å². The highest BCUT2D eigenvalue weighted by Crippen LogP contribution is 2.25. The first-order valence-corrected chi connectivity index (χ1v) is 10.8. The fourth-order valence-corrected chi connectivity index (χ4v) is 3.48. The number of carbonyl (C=O) groups excluding carboxylic acids is 1. The Labute approximate surface area is 195 Å². The quantitative estimate of drug-likeness (QED) is 0.431. The van der Waals surface area contributed by atoms with Crippen molar-refractivity contribution in [2.24, 2.45) is 7.05 Å². The number of carbonyl (C=O) groups is 1. The van der Waals surface area contributed by atoms with Crippen LogP contribution in [0, 0.1) is 0 Å². The smallest absolute Gasteiger partial charge is 0.315 e. The number of nitrogens with zero attached hydrogens (tertiary/aromatic N) is 7. The molecular weight excluding hydrogens is 432 g/mol. The number of hydrogen-bond donors (Lipinski definition) is 1. The number of hydrogen-bond acceptors (Lipinski definition) is 7. The number of nitrogens with one attached hydrogen (secondary N) is 1. The predicted octanol–water partition coefficient (Wildman–Crippen LogP) is 3.41. The van der Waals surface area contributed by atoms with Crippen LogP contribution in [0.1, 0.15) is 42.8 Å². The second-order valence-electron chi connectivity index (χ2n) is 9.08. The lowest BCUT2D eigenvalue weighted by atomic mass is 9.96. The highest BCUT2D eigenvalue weighted by atomic mass is 16.5. The van der Waals surface area contributed by atoms with Crippen LogP contribution < -0.4 is 5.32 Å². The van der Waals surface area contributed by atoms with E-state index >= 15 is 0 Å². The van der Waals surface area contributed by atoms with E-state index in [0.717, 1.165) is 33.9 Å². The van der Waals surface area contributed by atoms with Crippen molar-refractivity contribution in [3.05, 3.63) is 72.4 Å². The molecule has 0 fully saturated rings. The van der Waals surface area contributed by atoms with Gasteiger partial charge in [0.05, 0.1) is 11.9 Å². The summed E-state index contributed by atoms with van der Waals surface area (Å²) in [5.74, 6) is 0.817. The first-order valence-electron chi connectivity index (χ1n) is 10.8. The van der Waals surface area contributed by atoms with E-state index in [2.05, 4.69) is 25.5 Å². The van der Waals surface area contributed by atoms with E-state index in [9.17, 15) is 4.79 Å². The molecule has 0 radical (unpaired) electrons. The zero-order valence-electron chi connectivity index (χ0n) is 19.4. The molecule has 10 heteroatoms. The second kappa shape index (κ2) is 8.22. The van der Waals surface area contributed by atoms with Crippen molar-refractivity contribution in [2.75, 3.05) is 0 Å². The molecular formula is C24H24N8O2. The van der Waals surface area contributed by atoms with Crippen molar-refractivity contribution < 1.29 is 9.32 Å². The Bertz CT molecular complexity index is 1470. The van der Waals surface area contributed by atoms with Gasteiger partial charge in [0.1, 0.15) is 11.5 Å². The molecule has 10 nitrogen and oxygen atoms in total.